The third-order valence-electron chi connectivity index (χ3n) is 8.50. The number of esters is 1. The standard InChI is InChI=1S/C32H36N4O11/c1-32(2,3)47-31(45)36-21(11-15-26(36)40)29(43)34-19(9-13-24(34)38)27(41)33-20(10-14-23(33)37)28(42)35-22(12-16-25(35)39)30(44)46-17-18-7-5-4-6-8-18/h4-8,19-22H,9-17H2,1-3H3/t19-,20-,21-,22-/m0/s1. The number of hydrogen-bond acceptors (Lipinski definition) is 11. The van der Waals surface area contributed by atoms with Crippen LogP contribution in [0.4, 0.5) is 4.79 Å². The zero-order valence-corrected chi connectivity index (χ0v) is 26.3. The van der Waals surface area contributed by atoms with Gasteiger partial charge in [-0.1, -0.05) is 30.3 Å². The Hall–Kier alpha value is -4.95. The fourth-order valence-electron chi connectivity index (χ4n) is 6.34. The fourth-order valence-corrected chi connectivity index (χ4v) is 6.34. The second-order valence-electron chi connectivity index (χ2n) is 12.9. The fraction of sp³-hybridized carbons (Fsp3) is 0.531. The van der Waals surface area contributed by atoms with E-state index >= 15 is 0 Å². The second kappa shape index (κ2) is 13.0. The molecule has 0 saturated carbocycles. The summed E-state index contributed by atoms with van der Waals surface area (Å²) in [5.74, 6) is -6.57. The number of rotatable bonds is 6. The highest BCUT2D eigenvalue weighted by atomic mass is 16.6. The first-order chi connectivity index (χ1) is 22.2. The van der Waals surface area contributed by atoms with Gasteiger partial charge in [0, 0.05) is 25.7 Å². The van der Waals surface area contributed by atoms with Gasteiger partial charge in [-0.3, -0.25) is 48.3 Å². The Kier molecular flexibility index (Phi) is 9.27. The van der Waals surface area contributed by atoms with Gasteiger partial charge in [0.1, 0.15) is 36.4 Å². The SMILES string of the molecule is CC(C)(C)OC(=O)N1C(=O)CC[C@H]1C(=O)N1C(=O)CC[C@H]1C(=O)N1C(=O)CC[C@H]1C(=O)N1C(=O)CC[C@H]1C(=O)OCc1ccccc1. The molecular weight excluding hydrogens is 616 g/mol. The van der Waals surface area contributed by atoms with Crippen LogP contribution in [0.2, 0.25) is 0 Å². The second-order valence-corrected chi connectivity index (χ2v) is 12.9. The van der Waals surface area contributed by atoms with Crippen LogP contribution >= 0.6 is 0 Å². The number of carbonyl (C=O) groups excluding carboxylic acids is 9. The van der Waals surface area contributed by atoms with Crippen molar-refractivity contribution < 1.29 is 52.6 Å². The van der Waals surface area contributed by atoms with Crippen molar-refractivity contribution in [2.24, 2.45) is 0 Å². The minimum atomic E-state index is -1.50. The van der Waals surface area contributed by atoms with E-state index in [-0.39, 0.29) is 58.0 Å². The minimum absolute atomic E-state index is 0.000469. The third kappa shape index (κ3) is 6.65. The number of nitrogens with zero attached hydrogens (tertiary/aromatic N) is 4. The quantitative estimate of drug-likeness (QED) is 0.318. The summed E-state index contributed by atoms with van der Waals surface area (Å²) in [5, 5.41) is 0. The number of ether oxygens (including phenoxy) is 2. The van der Waals surface area contributed by atoms with Crippen LogP contribution in [-0.4, -0.2) is 103 Å². The maximum absolute atomic E-state index is 13.9. The number of likely N-dealkylation sites (tertiary alicyclic amines) is 4. The molecule has 15 heteroatoms. The summed E-state index contributed by atoms with van der Waals surface area (Å²) in [6.45, 7) is 4.66. The smallest absolute Gasteiger partial charge is 0.417 e. The van der Waals surface area contributed by atoms with Crippen molar-refractivity contribution in [3.8, 4) is 0 Å². The van der Waals surface area contributed by atoms with E-state index in [1.54, 1.807) is 51.1 Å². The molecule has 4 heterocycles. The minimum Gasteiger partial charge on any atom is -0.459 e. The lowest BCUT2D eigenvalue weighted by Gasteiger charge is -2.33. The first-order valence-electron chi connectivity index (χ1n) is 15.5. The van der Waals surface area contributed by atoms with E-state index in [2.05, 4.69) is 0 Å². The number of imide groups is 4. The zero-order valence-electron chi connectivity index (χ0n) is 26.3. The molecule has 0 N–H and O–H groups in total. The van der Waals surface area contributed by atoms with Crippen LogP contribution in [0.3, 0.4) is 0 Å². The van der Waals surface area contributed by atoms with E-state index in [1.807, 2.05) is 0 Å². The van der Waals surface area contributed by atoms with Crippen molar-refractivity contribution in [3.63, 3.8) is 0 Å². The maximum Gasteiger partial charge on any atom is 0.417 e. The molecule has 15 nitrogen and oxygen atoms in total. The van der Waals surface area contributed by atoms with E-state index < -0.39 is 83.2 Å². The van der Waals surface area contributed by atoms with Gasteiger partial charge in [-0.25, -0.2) is 14.5 Å². The number of benzene rings is 1. The van der Waals surface area contributed by atoms with Crippen LogP contribution in [0, 0.1) is 0 Å². The Morgan fingerprint density at radius 3 is 1.45 bits per heavy atom. The summed E-state index contributed by atoms with van der Waals surface area (Å²) in [6.07, 6.45) is -2.25. The van der Waals surface area contributed by atoms with Crippen LogP contribution < -0.4 is 0 Å². The average molecular weight is 653 g/mol. The molecule has 0 radical (unpaired) electrons. The Balaban J connectivity index is 1.33. The predicted octanol–water partition coefficient (Wildman–Crippen LogP) is 1.21. The summed E-state index contributed by atoms with van der Waals surface area (Å²) < 4.78 is 10.6. The molecule has 1 aromatic carbocycles. The Morgan fingerprint density at radius 2 is 1.00 bits per heavy atom. The van der Waals surface area contributed by atoms with E-state index in [4.69, 9.17) is 9.47 Å². The van der Waals surface area contributed by atoms with E-state index in [0.717, 1.165) is 4.90 Å². The van der Waals surface area contributed by atoms with Gasteiger partial charge in [-0.05, 0) is 52.0 Å². The normalized spacial score (nSPS) is 24.7. The molecule has 4 saturated heterocycles. The maximum atomic E-state index is 13.9. The molecule has 8 amide bonds. The van der Waals surface area contributed by atoms with Crippen molar-refractivity contribution in [2.75, 3.05) is 0 Å². The van der Waals surface area contributed by atoms with Gasteiger partial charge in [-0.2, -0.15) is 0 Å². The van der Waals surface area contributed by atoms with Crippen LogP contribution in [-0.2, 0) is 54.4 Å². The molecule has 0 spiro atoms. The van der Waals surface area contributed by atoms with Crippen molar-refractivity contribution in [3.05, 3.63) is 35.9 Å². The highest BCUT2D eigenvalue weighted by Crippen LogP contribution is 2.32. The van der Waals surface area contributed by atoms with Crippen molar-refractivity contribution >= 4 is 53.4 Å². The zero-order chi connectivity index (χ0) is 34.2. The van der Waals surface area contributed by atoms with Crippen molar-refractivity contribution in [1.82, 2.24) is 19.6 Å². The topological polar surface area (TPSA) is 185 Å². The molecule has 0 aliphatic carbocycles. The number of hydrogen-bond donors (Lipinski definition) is 0. The van der Waals surface area contributed by atoms with E-state index in [9.17, 15) is 43.2 Å². The largest absolute Gasteiger partial charge is 0.459 e. The van der Waals surface area contributed by atoms with Gasteiger partial charge < -0.3 is 9.47 Å². The summed E-state index contributed by atoms with van der Waals surface area (Å²) in [5.41, 5.74) is -0.288. The molecule has 4 fully saturated rings. The van der Waals surface area contributed by atoms with Crippen LogP contribution in [0.5, 0.6) is 0 Å². The van der Waals surface area contributed by atoms with Crippen LogP contribution in [0.1, 0.15) is 77.7 Å². The third-order valence-corrected chi connectivity index (χ3v) is 8.50. The van der Waals surface area contributed by atoms with E-state index in [0.29, 0.717) is 20.3 Å². The number of amides is 8. The Bertz CT molecular complexity index is 1530. The van der Waals surface area contributed by atoms with Gasteiger partial charge >= 0.3 is 12.1 Å². The van der Waals surface area contributed by atoms with Gasteiger partial charge in [0.25, 0.3) is 17.7 Å². The number of carbonyl (C=O) groups is 9. The molecule has 4 aliphatic rings. The molecule has 4 atom stereocenters. The highest BCUT2D eigenvalue weighted by molar-refractivity contribution is 6.13. The van der Waals surface area contributed by atoms with Crippen LogP contribution in [0.25, 0.3) is 0 Å². The van der Waals surface area contributed by atoms with Gasteiger partial charge in [0.2, 0.25) is 23.6 Å². The summed E-state index contributed by atoms with van der Waals surface area (Å²) in [4.78, 5) is 121. The molecule has 250 valence electrons. The van der Waals surface area contributed by atoms with Crippen molar-refractivity contribution in [2.45, 2.75) is 109 Å². The lowest BCUT2D eigenvalue weighted by Crippen LogP contribution is -2.59. The predicted molar refractivity (Wildman–Crippen MR) is 157 cm³/mol. The van der Waals surface area contributed by atoms with Crippen molar-refractivity contribution in [1.29, 1.82) is 0 Å². The summed E-state index contributed by atoms with van der Waals surface area (Å²) >= 11 is 0. The molecule has 0 aromatic heterocycles. The van der Waals surface area contributed by atoms with Gasteiger partial charge in [0.05, 0.1) is 0 Å². The first-order valence-corrected chi connectivity index (χ1v) is 15.5. The summed E-state index contributed by atoms with van der Waals surface area (Å²) in [7, 11) is 0. The van der Waals surface area contributed by atoms with Gasteiger partial charge in [-0.15, -0.1) is 0 Å². The highest BCUT2D eigenvalue weighted by Gasteiger charge is 2.54. The molecule has 1 aromatic rings. The monoisotopic (exact) mass is 652 g/mol. The lowest BCUT2D eigenvalue weighted by atomic mass is 10.1. The molecule has 0 bridgehead atoms. The van der Waals surface area contributed by atoms with E-state index in [1.165, 1.54) is 0 Å². The lowest BCUT2D eigenvalue weighted by molar-refractivity contribution is -0.163. The summed E-state index contributed by atoms with van der Waals surface area (Å²) in [6, 6.07) is 3.18. The molecular formula is C32H36N4O11. The molecule has 47 heavy (non-hydrogen) atoms. The van der Waals surface area contributed by atoms with Crippen LogP contribution in [0.15, 0.2) is 30.3 Å². The molecule has 0 unspecified atom stereocenters. The van der Waals surface area contributed by atoms with Gasteiger partial charge in [0.15, 0.2) is 0 Å². The molecule has 4 aliphatic heterocycles. The molecule has 5 rings (SSSR count). The Morgan fingerprint density at radius 1 is 0.617 bits per heavy atom. The Labute approximate surface area is 270 Å². The average Bonchev–Trinajstić information content (AvgIpc) is 3.79. The first kappa shape index (κ1) is 33.4.